The van der Waals surface area contributed by atoms with E-state index < -0.39 is 5.60 Å². The highest BCUT2D eigenvalue weighted by atomic mass is 35.5. The molecule has 1 fully saturated rings. The van der Waals surface area contributed by atoms with Crippen molar-refractivity contribution in [3.8, 4) is 6.07 Å². The highest BCUT2D eigenvalue weighted by molar-refractivity contribution is 6.30. The molecule has 1 saturated heterocycles. The summed E-state index contributed by atoms with van der Waals surface area (Å²) in [7, 11) is 0. The molecule has 0 unspecified atom stereocenters. The Morgan fingerprint density at radius 1 is 1.42 bits per heavy atom. The number of nitrogens with one attached hydrogen (secondary N) is 1. The van der Waals surface area contributed by atoms with Crippen molar-refractivity contribution < 1.29 is 9.53 Å². The van der Waals surface area contributed by atoms with Crippen LogP contribution in [-0.4, -0.2) is 35.8 Å². The lowest BCUT2D eigenvalue weighted by atomic mass is 10.0. The summed E-state index contributed by atoms with van der Waals surface area (Å²) in [5, 5.41) is 12.5. The van der Waals surface area contributed by atoms with Gasteiger partial charge in [0.05, 0.1) is 5.56 Å². The Balaban J connectivity index is 2.06. The highest BCUT2D eigenvalue weighted by Gasteiger charge is 2.26. The monoisotopic (exact) mass is 378 g/mol. The predicted octanol–water partition coefficient (Wildman–Crippen LogP) is 3.97. The van der Waals surface area contributed by atoms with E-state index in [4.69, 9.17) is 16.3 Å². The Labute approximate surface area is 160 Å². The highest BCUT2D eigenvalue weighted by Crippen LogP contribution is 2.30. The zero-order valence-corrected chi connectivity index (χ0v) is 16.9. The zero-order chi connectivity index (χ0) is 19.5. The first-order valence-electron chi connectivity index (χ1n) is 8.99. The number of nitriles is 1. The molecule has 6 nitrogen and oxygen atoms in total. The molecule has 1 aliphatic heterocycles. The summed E-state index contributed by atoms with van der Waals surface area (Å²) in [5.41, 5.74) is 1.93. The number of carbonyl (C=O) groups excluding carboxylic acids is 1. The quantitative estimate of drug-likeness (QED) is 0.805. The van der Waals surface area contributed by atoms with Gasteiger partial charge in [0.1, 0.15) is 22.6 Å². The number of anilines is 1. The number of alkyl carbamates (subject to hydrolysis) is 1. The van der Waals surface area contributed by atoms with Gasteiger partial charge in [0.2, 0.25) is 0 Å². The van der Waals surface area contributed by atoms with Crippen molar-refractivity contribution in [1.29, 1.82) is 5.26 Å². The number of rotatable bonds is 3. The van der Waals surface area contributed by atoms with Crippen molar-refractivity contribution in [3.63, 3.8) is 0 Å². The van der Waals surface area contributed by atoms with Crippen molar-refractivity contribution in [2.45, 2.75) is 65.5 Å². The maximum atomic E-state index is 11.9. The number of pyridine rings is 1. The molecule has 1 aromatic heterocycles. The van der Waals surface area contributed by atoms with Gasteiger partial charge >= 0.3 is 6.09 Å². The van der Waals surface area contributed by atoms with Gasteiger partial charge in [-0.05, 0) is 58.1 Å². The van der Waals surface area contributed by atoms with E-state index in [0.717, 1.165) is 49.3 Å². The number of piperidine rings is 1. The van der Waals surface area contributed by atoms with Crippen molar-refractivity contribution in [2.75, 3.05) is 18.0 Å². The van der Waals surface area contributed by atoms with Gasteiger partial charge in [-0.25, -0.2) is 9.78 Å². The van der Waals surface area contributed by atoms with Gasteiger partial charge in [-0.15, -0.1) is 0 Å². The van der Waals surface area contributed by atoms with Gasteiger partial charge in [-0.2, -0.15) is 5.26 Å². The van der Waals surface area contributed by atoms with Crippen LogP contribution in [0.15, 0.2) is 0 Å². The number of hydrogen-bond donors (Lipinski definition) is 1. The summed E-state index contributed by atoms with van der Waals surface area (Å²) < 4.78 is 5.32. The van der Waals surface area contributed by atoms with Crippen LogP contribution < -0.4 is 10.2 Å². The summed E-state index contributed by atoms with van der Waals surface area (Å²) in [5.74, 6) is 0.835. The lowest BCUT2D eigenvalue weighted by Crippen LogP contribution is -2.46. The number of hydrogen-bond acceptors (Lipinski definition) is 5. The molecule has 1 aliphatic rings. The molecule has 2 heterocycles. The topological polar surface area (TPSA) is 78.2 Å². The Hall–Kier alpha value is -2.00. The Bertz CT molecular complexity index is 714. The minimum atomic E-state index is -0.498. The molecule has 7 heteroatoms. The summed E-state index contributed by atoms with van der Waals surface area (Å²) in [6.07, 6.45) is 1.97. The van der Waals surface area contributed by atoms with Crippen LogP contribution in [0.2, 0.25) is 5.15 Å². The van der Waals surface area contributed by atoms with Crippen molar-refractivity contribution in [3.05, 3.63) is 21.8 Å². The molecule has 142 valence electrons. The second-order valence-corrected chi connectivity index (χ2v) is 7.94. The average molecular weight is 379 g/mol. The van der Waals surface area contributed by atoms with E-state index in [1.807, 2.05) is 34.6 Å². The summed E-state index contributed by atoms with van der Waals surface area (Å²) in [6.45, 7) is 11.1. The minimum Gasteiger partial charge on any atom is -0.444 e. The van der Waals surface area contributed by atoms with Crippen LogP contribution >= 0.6 is 11.6 Å². The molecule has 0 aliphatic carbocycles. The standard InChI is InChI=1S/C19H27ClN4O2/c1-6-14-12(2)17(23-16(20)15(14)11-21)24-9-7-13(8-10-24)22-18(25)26-19(3,4)5/h13H,6-10H2,1-5H3,(H,22,25). The minimum absolute atomic E-state index is 0.0842. The normalized spacial score (nSPS) is 15.5. The maximum Gasteiger partial charge on any atom is 0.407 e. The molecule has 1 amide bonds. The third-order valence-corrected chi connectivity index (χ3v) is 4.75. The molecule has 1 aromatic rings. The van der Waals surface area contributed by atoms with Gasteiger partial charge in [0, 0.05) is 19.1 Å². The molecule has 26 heavy (non-hydrogen) atoms. The molecule has 0 atom stereocenters. The Kier molecular flexibility index (Phi) is 6.35. The molecule has 0 saturated carbocycles. The molecule has 0 radical (unpaired) electrons. The van der Waals surface area contributed by atoms with Crippen LogP contribution in [0.4, 0.5) is 10.6 Å². The summed E-state index contributed by atoms with van der Waals surface area (Å²) in [4.78, 5) is 18.6. The first-order chi connectivity index (χ1) is 12.2. The number of aromatic nitrogens is 1. The summed E-state index contributed by atoms with van der Waals surface area (Å²) >= 11 is 6.23. The number of halogens is 1. The second-order valence-electron chi connectivity index (χ2n) is 7.58. The zero-order valence-electron chi connectivity index (χ0n) is 16.1. The van der Waals surface area contributed by atoms with Gasteiger partial charge in [0.25, 0.3) is 0 Å². The predicted molar refractivity (Wildman–Crippen MR) is 103 cm³/mol. The third-order valence-electron chi connectivity index (χ3n) is 4.48. The van der Waals surface area contributed by atoms with Gasteiger partial charge in [-0.3, -0.25) is 0 Å². The molecular weight excluding hydrogens is 352 g/mol. The van der Waals surface area contributed by atoms with Gasteiger partial charge < -0.3 is 15.0 Å². The number of carbonyl (C=O) groups is 1. The molecule has 2 rings (SSSR count). The van der Waals surface area contributed by atoms with E-state index in [2.05, 4.69) is 21.3 Å². The van der Waals surface area contributed by atoms with E-state index >= 15 is 0 Å². The van der Waals surface area contributed by atoms with Crippen LogP contribution in [0.25, 0.3) is 0 Å². The largest absolute Gasteiger partial charge is 0.444 e. The maximum absolute atomic E-state index is 11.9. The molecule has 0 spiro atoms. The Morgan fingerprint density at radius 2 is 2.04 bits per heavy atom. The van der Waals surface area contributed by atoms with Crippen molar-refractivity contribution in [2.24, 2.45) is 0 Å². The van der Waals surface area contributed by atoms with Crippen LogP contribution in [0.1, 0.15) is 57.2 Å². The fourth-order valence-electron chi connectivity index (χ4n) is 3.25. The fraction of sp³-hybridized carbons (Fsp3) is 0.632. The number of amides is 1. The molecule has 1 N–H and O–H groups in total. The summed E-state index contributed by atoms with van der Waals surface area (Å²) in [6, 6.07) is 2.24. The van der Waals surface area contributed by atoms with Crippen molar-refractivity contribution in [1.82, 2.24) is 10.3 Å². The first-order valence-corrected chi connectivity index (χ1v) is 9.37. The third kappa shape index (κ3) is 4.79. The second kappa shape index (κ2) is 8.13. The van der Waals surface area contributed by atoms with E-state index in [9.17, 15) is 10.1 Å². The number of nitrogens with zero attached hydrogens (tertiary/aromatic N) is 3. The molecular formula is C19H27ClN4O2. The van der Waals surface area contributed by atoms with Gasteiger partial charge in [-0.1, -0.05) is 18.5 Å². The van der Waals surface area contributed by atoms with Crippen LogP contribution in [0, 0.1) is 18.3 Å². The SMILES string of the molecule is CCc1c(C)c(N2CCC(NC(=O)OC(C)(C)C)CC2)nc(Cl)c1C#N. The van der Waals surface area contributed by atoms with E-state index in [-0.39, 0.29) is 17.3 Å². The molecule has 0 aromatic carbocycles. The molecule has 0 bridgehead atoms. The van der Waals surface area contributed by atoms with E-state index in [0.29, 0.717) is 5.56 Å². The van der Waals surface area contributed by atoms with Crippen molar-refractivity contribution >= 4 is 23.5 Å². The van der Waals surface area contributed by atoms with E-state index in [1.165, 1.54) is 0 Å². The smallest absolute Gasteiger partial charge is 0.407 e. The van der Waals surface area contributed by atoms with E-state index in [1.54, 1.807) is 0 Å². The number of ether oxygens (including phenoxy) is 1. The van der Waals surface area contributed by atoms with Crippen LogP contribution in [0.3, 0.4) is 0 Å². The average Bonchev–Trinajstić information content (AvgIpc) is 2.55. The van der Waals surface area contributed by atoms with Crippen LogP contribution in [0.5, 0.6) is 0 Å². The Morgan fingerprint density at radius 3 is 2.54 bits per heavy atom. The lowest BCUT2D eigenvalue weighted by molar-refractivity contribution is 0.0497. The first kappa shape index (κ1) is 20.3. The fourth-order valence-corrected chi connectivity index (χ4v) is 3.49. The lowest BCUT2D eigenvalue weighted by Gasteiger charge is -2.34. The van der Waals surface area contributed by atoms with Crippen LogP contribution in [-0.2, 0) is 11.2 Å². The van der Waals surface area contributed by atoms with Gasteiger partial charge in [0.15, 0.2) is 0 Å².